The lowest BCUT2D eigenvalue weighted by Crippen LogP contribution is -2.36. The Morgan fingerprint density at radius 3 is 2.33 bits per heavy atom. The first-order chi connectivity index (χ1) is 7.02. The van der Waals surface area contributed by atoms with Crippen LogP contribution in [0.4, 0.5) is 0 Å². The molecule has 2 nitrogen and oxygen atoms in total. The molecular weight excluding hydrogens is 210 g/mol. The molecule has 0 fully saturated rings. The fraction of sp³-hybridized carbons (Fsp3) is 0.500. The molecule has 2 unspecified atom stereocenters. The lowest BCUT2D eigenvalue weighted by atomic mass is 9.81. The van der Waals surface area contributed by atoms with Crippen LogP contribution in [0.25, 0.3) is 0 Å². The summed E-state index contributed by atoms with van der Waals surface area (Å²) >= 11 is 5.80. The Labute approximate surface area is 96.1 Å². The molecule has 0 saturated carbocycles. The molecule has 0 radical (unpaired) electrons. The number of halogens is 1. The summed E-state index contributed by atoms with van der Waals surface area (Å²) in [5, 5.41) is 11.1. The van der Waals surface area contributed by atoms with E-state index in [1.54, 1.807) is 19.1 Å². The van der Waals surface area contributed by atoms with E-state index in [4.69, 9.17) is 17.3 Å². The van der Waals surface area contributed by atoms with Gasteiger partial charge in [0.25, 0.3) is 0 Å². The molecule has 3 N–H and O–H groups in total. The Morgan fingerprint density at radius 1 is 1.40 bits per heavy atom. The van der Waals surface area contributed by atoms with Gasteiger partial charge in [0, 0.05) is 10.9 Å². The van der Waals surface area contributed by atoms with Gasteiger partial charge in [-0.2, -0.15) is 0 Å². The number of aliphatic hydroxyl groups is 1. The van der Waals surface area contributed by atoms with Crippen LogP contribution in [0.3, 0.4) is 0 Å². The Kier molecular flexibility index (Phi) is 4.14. The first kappa shape index (κ1) is 12.5. The first-order valence-corrected chi connectivity index (χ1v) is 5.58. The van der Waals surface area contributed by atoms with Gasteiger partial charge in [-0.25, -0.2) is 0 Å². The molecule has 1 rings (SSSR count). The summed E-state index contributed by atoms with van der Waals surface area (Å²) in [7, 11) is 0. The van der Waals surface area contributed by atoms with E-state index >= 15 is 0 Å². The number of nitrogens with two attached hydrogens (primary N) is 1. The second kappa shape index (κ2) is 4.97. The molecule has 0 aromatic heterocycles. The Morgan fingerprint density at radius 2 is 1.93 bits per heavy atom. The fourth-order valence-corrected chi connectivity index (χ4v) is 1.94. The van der Waals surface area contributed by atoms with Crippen LogP contribution in [0.15, 0.2) is 24.3 Å². The Balaban J connectivity index is 2.98. The van der Waals surface area contributed by atoms with Crippen molar-refractivity contribution in [2.45, 2.75) is 25.9 Å². The van der Waals surface area contributed by atoms with E-state index in [9.17, 15) is 5.11 Å². The molecule has 0 bridgehead atoms. The summed E-state index contributed by atoms with van der Waals surface area (Å²) in [5.74, 6) is 0.0682. The minimum Gasteiger partial charge on any atom is -0.385 e. The summed E-state index contributed by atoms with van der Waals surface area (Å²) in [4.78, 5) is 0. The van der Waals surface area contributed by atoms with Gasteiger partial charge >= 0.3 is 0 Å². The van der Waals surface area contributed by atoms with Crippen LogP contribution in [0.1, 0.15) is 25.8 Å². The van der Waals surface area contributed by atoms with Crippen LogP contribution in [0, 0.1) is 5.92 Å². The van der Waals surface area contributed by atoms with Crippen molar-refractivity contribution >= 4 is 11.6 Å². The molecule has 84 valence electrons. The van der Waals surface area contributed by atoms with Gasteiger partial charge < -0.3 is 10.8 Å². The molecule has 0 aliphatic rings. The second-order valence-corrected chi connectivity index (χ2v) is 4.43. The minimum absolute atomic E-state index is 0.0682. The van der Waals surface area contributed by atoms with Gasteiger partial charge in [0.1, 0.15) is 0 Å². The third kappa shape index (κ3) is 2.71. The van der Waals surface area contributed by atoms with Gasteiger partial charge in [0.05, 0.1) is 5.60 Å². The zero-order valence-corrected chi connectivity index (χ0v) is 9.96. The summed E-state index contributed by atoms with van der Waals surface area (Å²) in [5.41, 5.74) is 5.63. The second-order valence-electron chi connectivity index (χ2n) is 4.00. The largest absolute Gasteiger partial charge is 0.385 e. The zero-order chi connectivity index (χ0) is 11.5. The van der Waals surface area contributed by atoms with Gasteiger partial charge in [-0.15, -0.1) is 0 Å². The van der Waals surface area contributed by atoms with Crippen molar-refractivity contribution in [1.82, 2.24) is 0 Å². The summed E-state index contributed by atoms with van der Waals surface area (Å²) in [6, 6.07) is 7.27. The van der Waals surface area contributed by atoms with E-state index in [1.165, 1.54) is 0 Å². The van der Waals surface area contributed by atoms with Crippen LogP contribution in [-0.4, -0.2) is 11.7 Å². The molecule has 1 aromatic rings. The van der Waals surface area contributed by atoms with Crippen LogP contribution in [-0.2, 0) is 5.60 Å². The van der Waals surface area contributed by atoms with Crippen molar-refractivity contribution < 1.29 is 5.11 Å². The Hall–Kier alpha value is -0.570. The van der Waals surface area contributed by atoms with Gasteiger partial charge in [0.15, 0.2) is 0 Å². The average Bonchev–Trinajstić information content (AvgIpc) is 2.19. The predicted molar refractivity (Wildman–Crippen MR) is 63.9 cm³/mol. The average molecular weight is 228 g/mol. The molecule has 3 heteroatoms. The molecule has 0 aliphatic carbocycles. The van der Waals surface area contributed by atoms with Crippen LogP contribution < -0.4 is 5.73 Å². The van der Waals surface area contributed by atoms with E-state index in [2.05, 4.69) is 0 Å². The predicted octanol–water partition coefficient (Wildman–Crippen LogP) is 2.53. The lowest BCUT2D eigenvalue weighted by Gasteiger charge is -2.32. The van der Waals surface area contributed by atoms with E-state index < -0.39 is 5.60 Å². The summed E-state index contributed by atoms with van der Waals surface area (Å²) in [6.07, 6.45) is 0.853. The first-order valence-electron chi connectivity index (χ1n) is 5.20. The topological polar surface area (TPSA) is 46.2 Å². The smallest absolute Gasteiger partial charge is 0.0908 e. The van der Waals surface area contributed by atoms with Crippen molar-refractivity contribution in [3.8, 4) is 0 Å². The molecule has 15 heavy (non-hydrogen) atoms. The Bertz CT molecular complexity index is 304. The van der Waals surface area contributed by atoms with Gasteiger partial charge in [-0.05, 0) is 37.6 Å². The quantitative estimate of drug-likeness (QED) is 0.831. The van der Waals surface area contributed by atoms with Crippen molar-refractivity contribution in [2.75, 3.05) is 6.54 Å². The highest BCUT2D eigenvalue weighted by molar-refractivity contribution is 6.30. The maximum absolute atomic E-state index is 10.4. The van der Waals surface area contributed by atoms with Crippen molar-refractivity contribution in [3.05, 3.63) is 34.9 Å². The number of rotatable bonds is 4. The van der Waals surface area contributed by atoms with Crippen LogP contribution in [0.5, 0.6) is 0 Å². The van der Waals surface area contributed by atoms with Gasteiger partial charge in [-0.3, -0.25) is 0 Å². The summed E-state index contributed by atoms with van der Waals surface area (Å²) < 4.78 is 0. The van der Waals surface area contributed by atoms with E-state index in [0.29, 0.717) is 11.6 Å². The number of hydrogen-bond donors (Lipinski definition) is 2. The molecule has 0 spiro atoms. The number of benzene rings is 1. The van der Waals surface area contributed by atoms with E-state index in [0.717, 1.165) is 12.0 Å². The molecule has 0 heterocycles. The maximum Gasteiger partial charge on any atom is 0.0908 e. The summed E-state index contributed by atoms with van der Waals surface area (Å²) in [6.45, 7) is 4.31. The molecule has 2 atom stereocenters. The highest BCUT2D eigenvalue weighted by Crippen LogP contribution is 2.31. The van der Waals surface area contributed by atoms with E-state index in [-0.39, 0.29) is 5.92 Å². The molecule has 0 amide bonds. The van der Waals surface area contributed by atoms with Gasteiger partial charge in [-0.1, -0.05) is 30.7 Å². The molecular formula is C12H18ClNO. The molecule has 0 aliphatic heterocycles. The molecule has 1 aromatic carbocycles. The van der Waals surface area contributed by atoms with Crippen LogP contribution in [0.2, 0.25) is 5.02 Å². The highest BCUT2D eigenvalue weighted by Gasteiger charge is 2.31. The third-order valence-corrected chi connectivity index (χ3v) is 3.25. The van der Waals surface area contributed by atoms with Gasteiger partial charge in [0.2, 0.25) is 0 Å². The van der Waals surface area contributed by atoms with Crippen molar-refractivity contribution in [1.29, 1.82) is 0 Å². The third-order valence-electron chi connectivity index (χ3n) is 3.00. The highest BCUT2D eigenvalue weighted by atomic mass is 35.5. The minimum atomic E-state index is -0.881. The zero-order valence-electron chi connectivity index (χ0n) is 9.20. The van der Waals surface area contributed by atoms with Crippen molar-refractivity contribution in [3.63, 3.8) is 0 Å². The maximum atomic E-state index is 10.4. The van der Waals surface area contributed by atoms with Crippen LogP contribution >= 0.6 is 11.6 Å². The SMILES string of the molecule is CCC(CN)C(C)(O)c1ccc(Cl)cc1. The number of hydrogen-bond acceptors (Lipinski definition) is 2. The lowest BCUT2D eigenvalue weighted by molar-refractivity contribution is -0.00402. The fourth-order valence-electron chi connectivity index (χ4n) is 1.82. The van der Waals surface area contributed by atoms with Crippen molar-refractivity contribution in [2.24, 2.45) is 11.7 Å². The standard InChI is InChI=1S/C12H18ClNO/c1-3-9(8-14)12(2,15)10-4-6-11(13)7-5-10/h4-7,9,15H,3,8,14H2,1-2H3. The van der Waals surface area contributed by atoms with E-state index in [1.807, 2.05) is 19.1 Å². The normalized spacial score (nSPS) is 17.1. The monoisotopic (exact) mass is 227 g/mol. The molecule has 0 saturated heterocycles.